The number of nitrogens with zero attached hydrogens (tertiary/aromatic N) is 1. The van der Waals surface area contributed by atoms with E-state index in [2.05, 4.69) is 5.16 Å². The fourth-order valence-corrected chi connectivity index (χ4v) is 3.78. The number of halogens is 5. The van der Waals surface area contributed by atoms with E-state index >= 15 is 0 Å². The maximum atomic E-state index is 13.0. The summed E-state index contributed by atoms with van der Waals surface area (Å²) in [5.74, 6) is 0. The first kappa shape index (κ1) is 24.9. The zero-order valence-corrected chi connectivity index (χ0v) is 19.4. The predicted molar refractivity (Wildman–Crippen MR) is 123 cm³/mol. The largest absolute Gasteiger partial charge is 0.516 e. The monoisotopic (exact) mass is 516 g/mol. The average molecular weight is 517 g/mol. The number of benzene rings is 3. The standard InChI is InChI=1S/C22H17Cl2F3N2O3S/c1-14-10-11-19(29-33(30,31)22(25,26)27)17(12-14)21(15-6-3-2-4-7-15)28-32-13-16-8-5-9-18(23)20(16)24/h2-12,29H,13H2,1H3/b28-21+. The molecule has 0 spiro atoms. The van der Waals surface area contributed by atoms with Crippen molar-refractivity contribution < 1.29 is 26.4 Å². The minimum Gasteiger partial charge on any atom is -0.390 e. The average Bonchev–Trinajstić information content (AvgIpc) is 2.75. The molecule has 174 valence electrons. The Labute approximate surface area is 198 Å². The Bertz CT molecular complexity index is 1280. The van der Waals surface area contributed by atoms with Crippen molar-refractivity contribution in [2.24, 2.45) is 5.16 Å². The quantitative estimate of drug-likeness (QED) is 0.286. The summed E-state index contributed by atoms with van der Waals surface area (Å²) in [7, 11) is -5.65. The van der Waals surface area contributed by atoms with Gasteiger partial charge in [0.15, 0.2) is 0 Å². The van der Waals surface area contributed by atoms with Crippen LogP contribution in [-0.2, 0) is 21.5 Å². The van der Waals surface area contributed by atoms with E-state index < -0.39 is 15.5 Å². The Hall–Kier alpha value is -2.75. The number of hydrogen-bond donors (Lipinski definition) is 1. The molecule has 0 aliphatic heterocycles. The van der Waals surface area contributed by atoms with Crippen molar-refractivity contribution in [2.45, 2.75) is 19.0 Å². The lowest BCUT2D eigenvalue weighted by atomic mass is 9.99. The van der Waals surface area contributed by atoms with E-state index in [4.69, 9.17) is 28.0 Å². The van der Waals surface area contributed by atoms with Crippen LogP contribution in [0, 0.1) is 6.92 Å². The summed E-state index contributed by atoms with van der Waals surface area (Å²) in [6, 6.07) is 17.7. The number of sulfonamides is 1. The number of hydrogen-bond acceptors (Lipinski definition) is 4. The lowest BCUT2D eigenvalue weighted by Crippen LogP contribution is -2.30. The van der Waals surface area contributed by atoms with Gasteiger partial charge in [0, 0.05) is 16.7 Å². The Morgan fingerprint density at radius 2 is 1.73 bits per heavy atom. The summed E-state index contributed by atoms with van der Waals surface area (Å²) in [5, 5.41) is 4.73. The van der Waals surface area contributed by atoms with Crippen LogP contribution in [0.1, 0.15) is 22.3 Å². The number of anilines is 1. The van der Waals surface area contributed by atoms with Crippen LogP contribution in [0.2, 0.25) is 10.0 Å². The fourth-order valence-electron chi connectivity index (χ4n) is 2.83. The minimum atomic E-state index is -5.65. The van der Waals surface area contributed by atoms with Crippen molar-refractivity contribution in [2.75, 3.05) is 4.72 Å². The van der Waals surface area contributed by atoms with Crippen molar-refractivity contribution in [3.8, 4) is 0 Å². The highest BCUT2D eigenvalue weighted by molar-refractivity contribution is 7.93. The van der Waals surface area contributed by atoms with Gasteiger partial charge in [0.2, 0.25) is 0 Å². The molecule has 0 unspecified atom stereocenters. The van der Waals surface area contributed by atoms with Gasteiger partial charge in [0.1, 0.15) is 12.3 Å². The Kier molecular flexibility index (Phi) is 7.56. The predicted octanol–water partition coefficient (Wildman–Crippen LogP) is 6.53. The van der Waals surface area contributed by atoms with Crippen LogP contribution in [0.15, 0.2) is 71.9 Å². The summed E-state index contributed by atoms with van der Waals surface area (Å²) in [6.45, 7) is 1.63. The van der Waals surface area contributed by atoms with Crippen molar-refractivity contribution in [1.29, 1.82) is 0 Å². The van der Waals surface area contributed by atoms with E-state index in [9.17, 15) is 21.6 Å². The molecule has 0 amide bonds. The van der Waals surface area contributed by atoms with Gasteiger partial charge in [-0.05, 0) is 25.1 Å². The molecule has 0 aliphatic rings. The maximum absolute atomic E-state index is 13.0. The first-order chi connectivity index (χ1) is 15.5. The van der Waals surface area contributed by atoms with Crippen LogP contribution >= 0.6 is 23.2 Å². The second-order valence-electron chi connectivity index (χ2n) is 6.89. The number of oxime groups is 1. The Morgan fingerprint density at radius 3 is 2.39 bits per heavy atom. The molecule has 3 aromatic rings. The summed E-state index contributed by atoms with van der Waals surface area (Å²) < 4.78 is 64.1. The topological polar surface area (TPSA) is 67.8 Å². The van der Waals surface area contributed by atoms with E-state index in [1.54, 1.807) is 60.2 Å². The van der Waals surface area contributed by atoms with Gasteiger partial charge in [-0.2, -0.15) is 21.6 Å². The van der Waals surface area contributed by atoms with Gasteiger partial charge in [-0.1, -0.05) is 82.5 Å². The molecule has 0 radical (unpaired) electrons. The minimum absolute atomic E-state index is 0.0782. The van der Waals surface area contributed by atoms with Crippen molar-refractivity contribution >= 4 is 44.6 Å². The molecule has 0 aliphatic carbocycles. The van der Waals surface area contributed by atoms with Crippen LogP contribution in [0.3, 0.4) is 0 Å². The Balaban J connectivity index is 2.06. The summed E-state index contributed by atoms with van der Waals surface area (Å²) in [4.78, 5) is 5.46. The second-order valence-corrected chi connectivity index (χ2v) is 9.35. The molecule has 5 nitrogen and oxygen atoms in total. The van der Waals surface area contributed by atoms with Gasteiger partial charge < -0.3 is 4.84 Å². The van der Waals surface area contributed by atoms with Crippen LogP contribution in [-0.4, -0.2) is 19.6 Å². The number of nitrogens with one attached hydrogen (secondary N) is 1. The van der Waals surface area contributed by atoms with Gasteiger partial charge in [-0.15, -0.1) is 0 Å². The van der Waals surface area contributed by atoms with Crippen LogP contribution in [0.25, 0.3) is 0 Å². The molecule has 0 aromatic heterocycles. The summed E-state index contributed by atoms with van der Waals surface area (Å²) in [6.07, 6.45) is 0. The molecule has 1 N–H and O–H groups in total. The van der Waals surface area contributed by atoms with E-state index in [-0.39, 0.29) is 28.6 Å². The third-order valence-electron chi connectivity index (χ3n) is 4.43. The van der Waals surface area contributed by atoms with E-state index in [0.717, 1.165) is 0 Å². The zero-order valence-electron chi connectivity index (χ0n) is 17.0. The molecular weight excluding hydrogens is 500 g/mol. The second kappa shape index (κ2) is 10.0. The molecule has 33 heavy (non-hydrogen) atoms. The van der Waals surface area contributed by atoms with E-state index in [1.165, 1.54) is 18.2 Å². The Morgan fingerprint density at radius 1 is 1.03 bits per heavy atom. The fraction of sp³-hybridized carbons (Fsp3) is 0.136. The molecule has 0 heterocycles. The first-order valence-electron chi connectivity index (χ1n) is 9.38. The highest BCUT2D eigenvalue weighted by Gasteiger charge is 2.46. The SMILES string of the molecule is Cc1ccc(NS(=O)(=O)C(F)(F)F)c(/C(=N/OCc2cccc(Cl)c2Cl)c2ccccc2)c1. The van der Waals surface area contributed by atoms with Crippen molar-refractivity contribution in [3.05, 3.63) is 99.0 Å². The molecule has 0 saturated heterocycles. The van der Waals surface area contributed by atoms with Gasteiger partial charge >= 0.3 is 15.5 Å². The first-order valence-corrected chi connectivity index (χ1v) is 11.6. The number of rotatable bonds is 7. The zero-order chi connectivity index (χ0) is 24.2. The van der Waals surface area contributed by atoms with Crippen LogP contribution < -0.4 is 4.72 Å². The van der Waals surface area contributed by atoms with Gasteiger partial charge in [0.25, 0.3) is 0 Å². The highest BCUT2D eigenvalue weighted by atomic mass is 35.5. The molecule has 11 heteroatoms. The van der Waals surface area contributed by atoms with Gasteiger partial charge in [-0.3, -0.25) is 4.72 Å². The normalized spacial score (nSPS) is 12.5. The number of alkyl halides is 3. The molecule has 0 atom stereocenters. The maximum Gasteiger partial charge on any atom is 0.516 e. The lowest BCUT2D eigenvalue weighted by molar-refractivity contribution is -0.0429. The smallest absolute Gasteiger partial charge is 0.390 e. The molecule has 0 fully saturated rings. The molecule has 3 rings (SSSR count). The molecule has 0 saturated carbocycles. The van der Waals surface area contributed by atoms with Gasteiger partial charge in [-0.25, -0.2) is 0 Å². The molecule has 0 bridgehead atoms. The van der Waals surface area contributed by atoms with Gasteiger partial charge in [0.05, 0.1) is 15.7 Å². The van der Waals surface area contributed by atoms with Crippen molar-refractivity contribution in [3.63, 3.8) is 0 Å². The molecule has 3 aromatic carbocycles. The van der Waals surface area contributed by atoms with E-state index in [1.807, 2.05) is 0 Å². The molecular formula is C22H17Cl2F3N2O3S. The van der Waals surface area contributed by atoms with E-state index in [0.29, 0.717) is 21.7 Å². The third-order valence-corrected chi connectivity index (χ3v) is 6.39. The lowest BCUT2D eigenvalue weighted by Gasteiger charge is -2.16. The summed E-state index contributed by atoms with van der Waals surface area (Å²) in [5.41, 5.74) is -3.86. The summed E-state index contributed by atoms with van der Waals surface area (Å²) >= 11 is 12.2. The highest BCUT2D eigenvalue weighted by Crippen LogP contribution is 2.30. The van der Waals surface area contributed by atoms with Crippen LogP contribution in [0.4, 0.5) is 18.9 Å². The van der Waals surface area contributed by atoms with Crippen molar-refractivity contribution in [1.82, 2.24) is 0 Å². The van der Waals surface area contributed by atoms with Crippen LogP contribution in [0.5, 0.6) is 0 Å². The third kappa shape index (κ3) is 5.98. The number of aryl methyl sites for hydroxylation is 1.